The number of nitriles is 1. The lowest BCUT2D eigenvalue weighted by atomic mass is 9.79. The minimum atomic E-state index is -0.842. The minimum absolute atomic E-state index is 0.0330. The van der Waals surface area contributed by atoms with Crippen molar-refractivity contribution >= 4 is 23.1 Å². The number of fused-ring (bicyclic) bond motifs is 2. The monoisotopic (exact) mass is 415 g/mol. The summed E-state index contributed by atoms with van der Waals surface area (Å²) in [6.45, 7) is 1.61. The van der Waals surface area contributed by atoms with Crippen LogP contribution in [0.15, 0.2) is 65.4 Å². The molecule has 1 heterocycles. The van der Waals surface area contributed by atoms with Gasteiger partial charge in [-0.1, -0.05) is 36.4 Å². The molecule has 2 aromatic rings. The zero-order valence-corrected chi connectivity index (χ0v) is 16.5. The van der Waals surface area contributed by atoms with Crippen molar-refractivity contribution < 1.29 is 19.2 Å². The smallest absolute Gasteiger partial charge is 0.336 e. The molecule has 0 amide bonds. The molecule has 8 nitrogen and oxygen atoms in total. The minimum Gasteiger partial charge on any atom is -0.461 e. The van der Waals surface area contributed by atoms with Crippen molar-refractivity contribution in [2.75, 3.05) is 6.61 Å². The van der Waals surface area contributed by atoms with E-state index in [0.717, 1.165) is 0 Å². The molecule has 4 rings (SSSR count). The number of dihydropyridines is 1. The maximum Gasteiger partial charge on any atom is 0.336 e. The van der Waals surface area contributed by atoms with Crippen LogP contribution in [0.3, 0.4) is 0 Å². The molecule has 0 bridgehead atoms. The summed E-state index contributed by atoms with van der Waals surface area (Å²) in [5.41, 5.74) is 3.13. The Morgan fingerprint density at radius 1 is 1.23 bits per heavy atom. The Balaban J connectivity index is 1.88. The van der Waals surface area contributed by atoms with Crippen molar-refractivity contribution in [2.24, 2.45) is 0 Å². The third-order valence-corrected chi connectivity index (χ3v) is 5.33. The van der Waals surface area contributed by atoms with Gasteiger partial charge in [-0.2, -0.15) is 5.26 Å². The van der Waals surface area contributed by atoms with Crippen LogP contribution < -0.4 is 5.32 Å². The molecular formula is C23H17N3O5. The Bertz CT molecular complexity index is 1240. The molecule has 8 heteroatoms. The number of ether oxygens (including phenoxy) is 1. The topological polar surface area (TPSA) is 122 Å². The number of carbonyl (C=O) groups is 2. The Hall–Kier alpha value is -4.25. The second-order valence-corrected chi connectivity index (χ2v) is 7.16. The van der Waals surface area contributed by atoms with Gasteiger partial charge < -0.3 is 10.1 Å². The average Bonchev–Trinajstić information content (AvgIpc) is 3.05. The molecular weight excluding hydrogens is 398 g/mol. The number of hydrogen-bond donors (Lipinski definition) is 1. The molecule has 1 unspecified atom stereocenters. The molecule has 1 aliphatic heterocycles. The Labute approximate surface area is 177 Å². The fourth-order valence-electron chi connectivity index (χ4n) is 4.02. The number of allylic oxidation sites excluding steroid dienone is 2. The Morgan fingerprint density at radius 3 is 2.68 bits per heavy atom. The molecule has 1 N–H and O–H groups in total. The van der Waals surface area contributed by atoms with Crippen LogP contribution in [0.2, 0.25) is 0 Å². The van der Waals surface area contributed by atoms with Crippen LogP contribution >= 0.6 is 0 Å². The predicted octanol–water partition coefficient (Wildman–Crippen LogP) is 3.62. The standard InChI is InChI=1S/C23H17N3O5/c1-13-18(23(28)31-11-5-10-24)19(14-6-4-7-15(12-14)26(29)30)20-21(25-13)16-8-2-3-9-17(16)22(20)27/h2-4,6-9,12,19,25H,5,11H2,1H3. The van der Waals surface area contributed by atoms with E-state index in [-0.39, 0.29) is 30.1 Å². The van der Waals surface area contributed by atoms with Crippen molar-refractivity contribution in [3.8, 4) is 6.07 Å². The van der Waals surface area contributed by atoms with Crippen LogP contribution in [0.5, 0.6) is 0 Å². The molecule has 0 spiro atoms. The van der Waals surface area contributed by atoms with Crippen LogP contribution in [0.1, 0.15) is 40.7 Å². The number of nitro groups is 1. The SMILES string of the molecule is CC1=C(C(=O)OCCC#N)C(c2cccc([N+](=O)[O-])c2)C2=C(N1)c1ccccc1C2=O. The lowest BCUT2D eigenvalue weighted by Gasteiger charge is -2.29. The number of carbonyl (C=O) groups excluding carboxylic acids is 2. The number of rotatable bonds is 5. The van der Waals surface area contributed by atoms with E-state index in [0.29, 0.717) is 33.7 Å². The molecule has 0 radical (unpaired) electrons. The van der Waals surface area contributed by atoms with Gasteiger partial charge in [0, 0.05) is 40.4 Å². The van der Waals surface area contributed by atoms with Gasteiger partial charge in [0.05, 0.1) is 28.7 Å². The molecule has 2 aliphatic rings. The van der Waals surface area contributed by atoms with Crippen molar-refractivity contribution in [3.05, 3.63) is 92.2 Å². The first-order chi connectivity index (χ1) is 14.9. The first kappa shape index (κ1) is 20.0. The van der Waals surface area contributed by atoms with E-state index in [1.807, 2.05) is 18.2 Å². The summed E-state index contributed by atoms with van der Waals surface area (Å²) in [5, 5.41) is 23.2. The highest BCUT2D eigenvalue weighted by molar-refractivity contribution is 6.23. The molecule has 1 aliphatic carbocycles. The van der Waals surface area contributed by atoms with Gasteiger partial charge in [-0.15, -0.1) is 0 Å². The summed E-state index contributed by atoms with van der Waals surface area (Å²) in [6.07, 6.45) is 0.0330. The summed E-state index contributed by atoms with van der Waals surface area (Å²) in [5.74, 6) is -1.76. The van der Waals surface area contributed by atoms with Gasteiger partial charge in [-0.05, 0) is 12.5 Å². The van der Waals surface area contributed by atoms with Crippen molar-refractivity contribution in [1.82, 2.24) is 5.32 Å². The van der Waals surface area contributed by atoms with Gasteiger partial charge in [0.25, 0.3) is 5.69 Å². The van der Waals surface area contributed by atoms with Gasteiger partial charge in [-0.3, -0.25) is 14.9 Å². The third-order valence-electron chi connectivity index (χ3n) is 5.33. The van der Waals surface area contributed by atoms with Crippen LogP contribution in [0.4, 0.5) is 5.69 Å². The van der Waals surface area contributed by atoms with E-state index in [1.165, 1.54) is 18.2 Å². The zero-order valence-electron chi connectivity index (χ0n) is 16.5. The number of nitro benzene ring substituents is 1. The highest BCUT2D eigenvalue weighted by Crippen LogP contribution is 2.47. The van der Waals surface area contributed by atoms with Crippen molar-refractivity contribution in [3.63, 3.8) is 0 Å². The number of Topliss-reactive ketones (excluding diaryl/α,β-unsaturated/α-hetero) is 1. The first-order valence-corrected chi connectivity index (χ1v) is 9.58. The Kier molecular flexibility index (Phi) is 5.09. The largest absolute Gasteiger partial charge is 0.461 e. The fraction of sp³-hybridized carbons (Fsp3) is 0.174. The average molecular weight is 415 g/mol. The van der Waals surface area contributed by atoms with Crippen molar-refractivity contribution in [2.45, 2.75) is 19.3 Å². The van der Waals surface area contributed by atoms with Gasteiger partial charge in [0.15, 0.2) is 5.78 Å². The summed E-state index contributed by atoms with van der Waals surface area (Å²) in [6, 6.07) is 14.9. The number of ketones is 1. The normalized spacial score (nSPS) is 16.9. The molecule has 0 fully saturated rings. The maximum absolute atomic E-state index is 13.3. The highest BCUT2D eigenvalue weighted by Gasteiger charge is 2.43. The Morgan fingerprint density at radius 2 is 1.97 bits per heavy atom. The molecule has 0 aromatic heterocycles. The van der Waals surface area contributed by atoms with Gasteiger partial charge in [0.1, 0.15) is 6.61 Å². The van der Waals surface area contributed by atoms with E-state index in [9.17, 15) is 19.7 Å². The van der Waals surface area contributed by atoms with E-state index >= 15 is 0 Å². The van der Waals surface area contributed by atoms with Gasteiger partial charge in [-0.25, -0.2) is 4.79 Å². The molecule has 1 atom stereocenters. The second kappa shape index (κ2) is 7.88. The molecule has 2 aromatic carbocycles. The first-order valence-electron chi connectivity index (χ1n) is 9.58. The number of hydrogen-bond acceptors (Lipinski definition) is 7. The van der Waals surface area contributed by atoms with Crippen LogP contribution in [0.25, 0.3) is 5.70 Å². The number of esters is 1. The summed E-state index contributed by atoms with van der Waals surface area (Å²) < 4.78 is 5.26. The molecule has 0 saturated carbocycles. The van der Waals surface area contributed by atoms with Crippen LogP contribution in [-0.2, 0) is 9.53 Å². The number of nitrogens with one attached hydrogen (secondary N) is 1. The van der Waals surface area contributed by atoms with Gasteiger partial charge >= 0.3 is 5.97 Å². The van der Waals surface area contributed by atoms with E-state index in [4.69, 9.17) is 10.00 Å². The van der Waals surface area contributed by atoms with E-state index < -0.39 is 16.8 Å². The second-order valence-electron chi connectivity index (χ2n) is 7.16. The lowest BCUT2D eigenvalue weighted by molar-refractivity contribution is -0.384. The molecule has 31 heavy (non-hydrogen) atoms. The number of benzene rings is 2. The molecule has 154 valence electrons. The van der Waals surface area contributed by atoms with Crippen molar-refractivity contribution in [1.29, 1.82) is 5.26 Å². The van der Waals surface area contributed by atoms with E-state index in [2.05, 4.69) is 5.32 Å². The van der Waals surface area contributed by atoms with Crippen LogP contribution in [-0.4, -0.2) is 23.3 Å². The van der Waals surface area contributed by atoms with Gasteiger partial charge in [0.2, 0.25) is 0 Å². The number of nitrogens with zero attached hydrogens (tertiary/aromatic N) is 2. The molecule has 0 saturated heterocycles. The maximum atomic E-state index is 13.3. The summed E-state index contributed by atoms with van der Waals surface area (Å²) in [4.78, 5) is 37.1. The lowest BCUT2D eigenvalue weighted by Crippen LogP contribution is -2.29. The predicted molar refractivity (Wildman–Crippen MR) is 111 cm³/mol. The fourth-order valence-corrected chi connectivity index (χ4v) is 4.02. The summed E-state index contributed by atoms with van der Waals surface area (Å²) in [7, 11) is 0. The highest BCUT2D eigenvalue weighted by atomic mass is 16.6. The zero-order chi connectivity index (χ0) is 22.1. The quantitative estimate of drug-likeness (QED) is 0.342. The number of non-ortho nitro benzene ring substituents is 1. The third kappa shape index (κ3) is 3.36. The van der Waals surface area contributed by atoms with Crippen LogP contribution in [0, 0.1) is 21.4 Å². The summed E-state index contributed by atoms with van der Waals surface area (Å²) >= 11 is 0. The van der Waals surface area contributed by atoms with E-state index in [1.54, 1.807) is 25.1 Å².